The number of aryl methyl sites for hydroxylation is 1. The predicted molar refractivity (Wildman–Crippen MR) is 87.9 cm³/mol. The van der Waals surface area contributed by atoms with Gasteiger partial charge < -0.3 is 9.64 Å². The normalized spacial score (nSPS) is 11.7. The number of halogens is 5. The van der Waals surface area contributed by atoms with Gasteiger partial charge in [-0.2, -0.15) is 22.7 Å². The molecule has 0 aliphatic carbocycles. The molecule has 0 aliphatic rings. The minimum absolute atomic E-state index is 0.0380. The minimum atomic E-state index is -4.71. The number of para-hydroxylation sites is 1. The lowest BCUT2D eigenvalue weighted by Gasteiger charge is -2.27. The zero-order valence-corrected chi connectivity index (χ0v) is 14.4. The topological polar surface area (TPSA) is 58.2 Å². The standard InChI is InChI=1S/C16H16ClF4N3O2/c1-2-10-4-3-5-12(26-16(20,21)15(18)19)14(10)24(13(25)8-17)9-11-6-7-22-23-11/h3-7,15H,2,8-9H2,1H3,(H,22,23). The van der Waals surface area contributed by atoms with Gasteiger partial charge in [0.05, 0.1) is 17.9 Å². The molecule has 0 saturated heterocycles. The number of anilines is 1. The second kappa shape index (κ2) is 8.39. The molecule has 0 bridgehead atoms. The first-order chi connectivity index (χ1) is 12.3. The summed E-state index contributed by atoms with van der Waals surface area (Å²) < 4.78 is 56.3. The Kier molecular flexibility index (Phi) is 6.47. The summed E-state index contributed by atoms with van der Waals surface area (Å²) in [5.41, 5.74) is 0.853. The van der Waals surface area contributed by atoms with Crippen LogP contribution in [0.5, 0.6) is 5.75 Å². The first-order valence-electron chi connectivity index (χ1n) is 7.62. The molecule has 142 valence electrons. The van der Waals surface area contributed by atoms with E-state index in [2.05, 4.69) is 14.9 Å². The number of nitrogens with zero attached hydrogens (tertiary/aromatic N) is 2. The molecular weight excluding hydrogens is 378 g/mol. The highest BCUT2D eigenvalue weighted by Crippen LogP contribution is 2.38. The highest BCUT2D eigenvalue weighted by Gasteiger charge is 2.45. The predicted octanol–water partition coefficient (Wildman–Crippen LogP) is 3.98. The summed E-state index contributed by atoms with van der Waals surface area (Å²) in [6.45, 7) is 1.63. The molecule has 1 N–H and O–H groups in total. The maximum atomic E-state index is 13.5. The molecule has 2 aromatic rings. The van der Waals surface area contributed by atoms with Crippen LogP contribution in [0.2, 0.25) is 0 Å². The molecule has 0 fully saturated rings. The Morgan fingerprint density at radius 3 is 2.65 bits per heavy atom. The van der Waals surface area contributed by atoms with Crippen LogP contribution in [0.25, 0.3) is 0 Å². The highest BCUT2D eigenvalue weighted by molar-refractivity contribution is 6.29. The minimum Gasteiger partial charge on any atom is -0.426 e. The summed E-state index contributed by atoms with van der Waals surface area (Å²) in [7, 11) is 0. The van der Waals surface area contributed by atoms with Crippen molar-refractivity contribution in [3.8, 4) is 5.75 Å². The Hall–Kier alpha value is -2.29. The molecule has 10 heteroatoms. The number of amides is 1. The molecule has 0 spiro atoms. The number of hydrogen-bond acceptors (Lipinski definition) is 3. The summed E-state index contributed by atoms with van der Waals surface area (Å²) in [6.07, 6.45) is -6.86. The van der Waals surface area contributed by atoms with E-state index in [1.54, 1.807) is 19.1 Å². The first-order valence-corrected chi connectivity index (χ1v) is 8.15. The van der Waals surface area contributed by atoms with Crippen LogP contribution in [0.3, 0.4) is 0 Å². The third-order valence-electron chi connectivity index (χ3n) is 3.53. The van der Waals surface area contributed by atoms with Crippen LogP contribution in [0.1, 0.15) is 18.2 Å². The van der Waals surface area contributed by atoms with E-state index in [4.69, 9.17) is 11.6 Å². The lowest BCUT2D eigenvalue weighted by molar-refractivity contribution is -0.253. The number of rotatable bonds is 8. The molecule has 5 nitrogen and oxygen atoms in total. The molecule has 1 aromatic heterocycles. The molecule has 1 heterocycles. The first kappa shape index (κ1) is 20.0. The lowest BCUT2D eigenvalue weighted by atomic mass is 10.1. The number of benzene rings is 1. The molecule has 1 aromatic carbocycles. The Morgan fingerprint density at radius 2 is 2.12 bits per heavy atom. The highest BCUT2D eigenvalue weighted by atomic mass is 35.5. The van der Waals surface area contributed by atoms with Crippen LogP contribution in [0.4, 0.5) is 23.2 Å². The van der Waals surface area contributed by atoms with Gasteiger partial charge in [-0.25, -0.2) is 0 Å². The Bertz CT molecular complexity index is 741. The lowest BCUT2D eigenvalue weighted by Crippen LogP contribution is -2.36. The molecule has 0 radical (unpaired) electrons. The summed E-state index contributed by atoms with van der Waals surface area (Å²) in [5, 5.41) is 6.48. The zero-order valence-electron chi connectivity index (χ0n) is 13.7. The molecule has 0 aliphatic heterocycles. The van der Waals surface area contributed by atoms with Crippen LogP contribution in [-0.4, -0.2) is 34.5 Å². The van der Waals surface area contributed by atoms with Crippen molar-refractivity contribution < 1.29 is 27.1 Å². The molecule has 1 amide bonds. The summed E-state index contributed by atoms with van der Waals surface area (Å²) in [4.78, 5) is 13.4. The van der Waals surface area contributed by atoms with Crippen LogP contribution < -0.4 is 9.64 Å². The number of aromatic amines is 1. The van der Waals surface area contributed by atoms with E-state index in [0.29, 0.717) is 17.7 Å². The number of ether oxygens (including phenoxy) is 1. The second-order valence-corrected chi connectivity index (χ2v) is 5.53. The van der Waals surface area contributed by atoms with Crippen molar-refractivity contribution in [3.05, 3.63) is 41.7 Å². The van der Waals surface area contributed by atoms with Crippen LogP contribution in [0, 0.1) is 0 Å². The van der Waals surface area contributed by atoms with Gasteiger partial charge >= 0.3 is 12.5 Å². The second-order valence-electron chi connectivity index (χ2n) is 5.26. The number of H-pyrrole nitrogens is 1. The van der Waals surface area contributed by atoms with Crippen molar-refractivity contribution in [1.82, 2.24) is 10.2 Å². The number of carbonyl (C=O) groups excluding carboxylic acids is 1. The molecule has 0 unspecified atom stereocenters. The van der Waals surface area contributed by atoms with Crippen molar-refractivity contribution in [1.29, 1.82) is 0 Å². The summed E-state index contributed by atoms with van der Waals surface area (Å²) in [5.74, 6) is -1.59. The summed E-state index contributed by atoms with van der Waals surface area (Å²) >= 11 is 5.64. The molecule has 26 heavy (non-hydrogen) atoms. The number of hydrogen-bond donors (Lipinski definition) is 1. The molecule has 0 saturated carbocycles. The van der Waals surface area contributed by atoms with Gasteiger partial charge in [0.15, 0.2) is 5.75 Å². The van der Waals surface area contributed by atoms with Crippen LogP contribution in [-0.2, 0) is 17.8 Å². The van der Waals surface area contributed by atoms with Gasteiger partial charge in [-0.05, 0) is 24.1 Å². The van der Waals surface area contributed by atoms with Crippen molar-refractivity contribution >= 4 is 23.2 Å². The van der Waals surface area contributed by atoms with Gasteiger partial charge in [0, 0.05) is 6.20 Å². The van der Waals surface area contributed by atoms with Crippen molar-refractivity contribution in [2.45, 2.75) is 32.4 Å². The Balaban J connectivity index is 2.53. The van der Waals surface area contributed by atoms with Gasteiger partial charge in [0.2, 0.25) is 5.91 Å². The fourth-order valence-electron chi connectivity index (χ4n) is 2.34. The molecule has 2 rings (SSSR count). The van der Waals surface area contributed by atoms with E-state index in [-0.39, 0.29) is 12.2 Å². The van der Waals surface area contributed by atoms with Crippen molar-refractivity contribution in [2.24, 2.45) is 0 Å². The summed E-state index contributed by atoms with van der Waals surface area (Å²) in [6, 6.07) is 5.65. The van der Waals surface area contributed by atoms with E-state index in [1.165, 1.54) is 12.3 Å². The van der Waals surface area contributed by atoms with Gasteiger partial charge in [-0.15, -0.1) is 11.6 Å². The monoisotopic (exact) mass is 393 g/mol. The Labute approximate surface area is 151 Å². The maximum absolute atomic E-state index is 13.5. The average Bonchev–Trinajstić information content (AvgIpc) is 3.11. The van der Waals surface area contributed by atoms with E-state index in [0.717, 1.165) is 11.0 Å². The van der Waals surface area contributed by atoms with E-state index in [1.807, 2.05) is 0 Å². The quantitative estimate of drug-likeness (QED) is 0.545. The SMILES string of the molecule is CCc1cccc(OC(F)(F)C(F)F)c1N(Cc1cc[nH]n1)C(=O)CCl. The van der Waals surface area contributed by atoms with Crippen LogP contribution in [0.15, 0.2) is 30.5 Å². The van der Waals surface area contributed by atoms with Crippen molar-refractivity contribution in [3.63, 3.8) is 0 Å². The zero-order chi connectivity index (χ0) is 19.3. The third-order valence-corrected chi connectivity index (χ3v) is 3.76. The largest absolute Gasteiger partial charge is 0.461 e. The van der Waals surface area contributed by atoms with E-state index in [9.17, 15) is 22.4 Å². The number of alkyl halides is 5. The third kappa shape index (κ3) is 4.46. The fourth-order valence-corrected chi connectivity index (χ4v) is 2.48. The average molecular weight is 394 g/mol. The number of aromatic nitrogens is 2. The van der Waals surface area contributed by atoms with Crippen LogP contribution >= 0.6 is 11.6 Å². The van der Waals surface area contributed by atoms with Gasteiger partial charge in [0.25, 0.3) is 0 Å². The maximum Gasteiger partial charge on any atom is 0.461 e. The van der Waals surface area contributed by atoms with E-state index < -0.39 is 30.1 Å². The number of carbonyl (C=O) groups is 1. The van der Waals surface area contributed by atoms with Gasteiger partial charge in [-0.1, -0.05) is 19.1 Å². The van der Waals surface area contributed by atoms with E-state index >= 15 is 0 Å². The Morgan fingerprint density at radius 1 is 1.38 bits per heavy atom. The number of nitrogens with one attached hydrogen (secondary N) is 1. The molecule has 0 atom stereocenters. The fraction of sp³-hybridized carbons (Fsp3) is 0.375. The molecular formula is C16H16ClF4N3O2. The van der Waals surface area contributed by atoms with Crippen molar-refractivity contribution in [2.75, 3.05) is 10.8 Å². The van der Waals surface area contributed by atoms with Gasteiger partial charge in [0.1, 0.15) is 5.88 Å². The van der Waals surface area contributed by atoms with Gasteiger partial charge in [-0.3, -0.25) is 9.89 Å². The smallest absolute Gasteiger partial charge is 0.426 e.